The summed E-state index contributed by atoms with van der Waals surface area (Å²) < 4.78 is 37.3. The molecule has 13 heteroatoms. The molecule has 0 spiro atoms. The molecule has 2 aromatic heterocycles. The first-order valence-electron chi connectivity index (χ1n) is 15.1. The van der Waals surface area contributed by atoms with Crippen LogP contribution in [0.15, 0.2) is 41.3 Å². The Hall–Kier alpha value is -3.58. The van der Waals surface area contributed by atoms with Gasteiger partial charge in [0.05, 0.1) is 39.3 Å². The number of aromatic hydroxyl groups is 1. The van der Waals surface area contributed by atoms with Gasteiger partial charge in [-0.1, -0.05) is 17.7 Å². The second kappa shape index (κ2) is 10.5. The molecule has 4 aromatic rings. The molecule has 0 amide bonds. The summed E-state index contributed by atoms with van der Waals surface area (Å²) in [4.78, 5) is 23.6. The highest BCUT2D eigenvalue weighted by Crippen LogP contribution is 2.41. The molecule has 5 fully saturated rings. The summed E-state index contributed by atoms with van der Waals surface area (Å²) in [7, 11) is 0. The van der Waals surface area contributed by atoms with Crippen molar-refractivity contribution in [3.05, 3.63) is 57.7 Å². The number of phenols is 1. The number of phenolic OH excluding ortho intramolecular Hbond substituents is 1. The highest BCUT2D eigenvalue weighted by molar-refractivity contribution is 6.31. The van der Waals surface area contributed by atoms with Crippen molar-refractivity contribution in [1.29, 1.82) is 0 Å². The molecule has 9 rings (SSSR count). The standard InChI is InChI=1S/C31H32ClF2N7O3/c32-24-3-2-17-6-21(42)7-25(27(17)28(24)34)41-30(43)22-8-26(44-16-31-4-1-5-39(31)14-18(33)9-31)38-29(23(22)13-37-41)40-15-19-10-35-11-20(40)12-36-19/h2-3,6-8,13,18-20,35-36,42H,1,4-5,9-12,14-16H2/t18-,19?,20?,31+/m1/s1. The number of fused-ring (bicyclic) bond motifs is 7. The normalized spacial score (nSPS) is 26.9. The van der Waals surface area contributed by atoms with E-state index in [1.54, 1.807) is 18.3 Å². The third-order valence-corrected chi connectivity index (χ3v) is 10.0. The van der Waals surface area contributed by atoms with Crippen LogP contribution in [0, 0.1) is 5.82 Å². The molecular formula is C31H32ClF2N7O3. The van der Waals surface area contributed by atoms with Crippen LogP contribution in [0.4, 0.5) is 14.6 Å². The lowest BCUT2D eigenvalue weighted by Gasteiger charge is -2.38. The van der Waals surface area contributed by atoms with Crippen molar-refractivity contribution in [2.45, 2.75) is 43.1 Å². The van der Waals surface area contributed by atoms with Gasteiger partial charge in [-0.15, -0.1) is 0 Å². The molecule has 0 radical (unpaired) electrons. The SMILES string of the molecule is O=c1c2cc(OC[C@@]34CCCN3C[C@H](F)C4)nc(N3CC4CNCC3CN4)c2cnn1-c1cc(O)cc2ccc(Cl)c(F)c12. The molecule has 0 saturated carbocycles. The number of halogens is 3. The topological polar surface area (TPSA) is 108 Å². The number of aromatic nitrogens is 3. The smallest absolute Gasteiger partial charge is 0.279 e. The van der Waals surface area contributed by atoms with Crippen LogP contribution in [0.25, 0.3) is 27.2 Å². The van der Waals surface area contributed by atoms with Crippen LogP contribution in [-0.2, 0) is 0 Å². The minimum Gasteiger partial charge on any atom is -0.508 e. The van der Waals surface area contributed by atoms with E-state index in [1.165, 1.54) is 18.2 Å². The van der Waals surface area contributed by atoms with E-state index in [9.17, 15) is 14.3 Å². The highest BCUT2D eigenvalue weighted by Gasteiger charge is 2.49. The van der Waals surface area contributed by atoms with Gasteiger partial charge in [0, 0.05) is 62.7 Å². The van der Waals surface area contributed by atoms with Gasteiger partial charge < -0.3 is 25.4 Å². The number of rotatable bonds is 5. The molecule has 0 aliphatic carbocycles. The first kappa shape index (κ1) is 27.9. The van der Waals surface area contributed by atoms with Crippen LogP contribution in [0.3, 0.4) is 0 Å². The highest BCUT2D eigenvalue weighted by atomic mass is 35.5. The third kappa shape index (κ3) is 4.49. The van der Waals surface area contributed by atoms with Crippen LogP contribution < -0.4 is 25.8 Å². The number of anilines is 1. The Morgan fingerprint density at radius 2 is 2.05 bits per heavy atom. The number of ether oxygens (including phenoxy) is 1. The summed E-state index contributed by atoms with van der Waals surface area (Å²) in [5.41, 5.74) is -0.846. The Morgan fingerprint density at radius 3 is 2.93 bits per heavy atom. The molecule has 230 valence electrons. The fourth-order valence-corrected chi connectivity index (χ4v) is 7.78. The monoisotopic (exact) mass is 623 g/mol. The minimum absolute atomic E-state index is 0.0652. The maximum Gasteiger partial charge on any atom is 0.279 e. The lowest BCUT2D eigenvalue weighted by atomic mass is 9.95. The molecule has 5 saturated heterocycles. The van der Waals surface area contributed by atoms with E-state index in [0.717, 1.165) is 43.7 Å². The number of nitrogens with zero attached hydrogens (tertiary/aromatic N) is 5. The predicted octanol–water partition coefficient (Wildman–Crippen LogP) is 3.14. The van der Waals surface area contributed by atoms with Gasteiger partial charge in [0.15, 0.2) is 5.82 Å². The van der Waals surface area contributed by atoms with Gasteiger partial charge >= 0.3 is 0 Å². The number of piperazine rings is 1. The Bertz CT molecular complexity index is 1850. The maximum atomic E-state index is 15.4. The molecule has 2 bridgehead atoms. The number of nitrogens with one attached hydrogen (secondary N) is 2. The quantitative estimate of drug-likeness (QED) is 0.309. The van der Waals surface area contributed by atoms with Crippen molar-refractivity contribution in [3.63, 3.8) is 0 Å². The molecule has 3 N–H and O–H groups in total. The van der Waals surface area contributed by atoms with Crippen LogP contribution in [-0.4, -0.2) is 94.4 Å². The average molecular weight is 624 g/mol. The van der Waals surface area contributed by atoms with Crippen LogP contribution in [0.1, 0.15) is 19.3 Å². The van der Waals surface area contributed by atoms with Crippen LogP contribution in [0.5, 0.6) is 11.6 Å². The van der Waals surface area contributed by atoms with Crippen molar-refractivity contribution in [2.24, 2.45) is 0 Å². The van der Waals surface area contributed by atoms with Gasteiger partial charge in [0.2, 0.25) is 5.88 Å². The number of benzene rings is 2. The molecule has 2 aromatic carbocycles. The van der Waals surface area contributed by atoms with Crippen LogP contribution in [0.2, 0.25) is 5.02 Å². The third-order valence-electron chi connectivity index (χ3n) is 9.73. The van der Waals surface area contributed by atoms with Crippen molar-refractivity contribution < 1.29 is 18.6 Å². The zero-order chi connectivity index (χ0) is 30.2. The molecule has 2 unspecified atom stereocenters. The number of pyridine rings is 1. The van der Waals surface area contributed by atoms with Crippen molar-refractivity contribution in [1.82, 2.24) is 30.3 Å². The fraction of sp³-hybridized carbons (Fsp3) is 0.452. The molecule has 44 heavy (non-hydrogen) atoms. The van der Waals surface area contributed by atoms with Crippen molar-refractivity contribution in [3.8, 4) is 17.3 Å². The summed E-state index contributed by atoms with van der Waals surface area (Å²) in [6.07, 6.45) is 2.91. The summed E-state index contributed by atoms with van der Waals surface area (Å²) >= 11 is 6.12. The summed E-state index contributed by atoms with van der Waals surface area (Å²) in [5.74, 6) is -0.0100. The van der Waals surface area contributed by atoms with Gasteiger partial charge in [-0.3, -0.25) is 9.69 Å². The average Bonchev–Trinajstić information content (AvgIpc) is 3.33. The summed E-state index contributed by atoms with van der Waals surface area (Å²) in [6, 6.07) is 7.56. The molecule has 10 nitrogen and oxygen atoms in total. The largest absolute Gasteiger partial charge is 0.508 e. The Labute approximate surface area is 256 Å². The second-order valence-electron chi connectivity index (χ2n) is 12.5. The minimum atomic E-state index is -0.893. The van der Waals surface area contributed by atoms with E-state index in [0.29, 0.717) is 36.1 Å². The van der Waals surface area contributed by atoms with E-state index >= 15 is 4.39 Å². The fourth-order valence-electron chi connectivity index (χ4n) is 7.62. The molecule has 5 aliphatic heterocycles. The molecular weight excluding hydrogens is 592 g/mol. The molecule has 5 aliphatic rings. The zero-order valence-corrected chi connectivity index (χ0v) is 24.7. The molecule has 7 heterocycles. The summed E-state index contributed by atoms with van der Waals surface area (Å²) in [5, 5.41) is 23.1. The molecule has 4 atom stereocenters. The first-order valence-corrected chi connectivity index (χ1v) is 15.4. The Balaban J connectivity index is 1.28. The Morgan fingerprint density at radius 1 is 1.16 bits per heavy atom. The number of hydrogen-bond acceptors (Lipinski definition) is 9. The van der Waals surface area contributed by atoms with E-state index < -0.39 is 17.5 Å². The van der Waals surface area contributed by atoms with Crippen molar-refractivity contribution >= 4 is 39.0 Å². The van der Waals surface area contributed by atoms with E-state index in [1.807, 2.05) is 0 Å². The lowest BCUT2D eigenvalue weighted by molar-refractivity contribution is 0.111. The van der Waals surface area contributed by atoms with Gasteiger partial charge in [-0.2, -0.15) is 14.8 Å². The number of alkyl halides is 1. The van der Waals surface area contributed by atoms with E-state index in [2.05, 4.69) is 25.5 Å². The Kier molecular flexibility index (Phi) is 6.67. The maximum absolute atomic E-state index is 15.4. The van der Waals surface area contributed by atoms with Crippen molar-refractivity contribution in [2.75, 3.05) is 50.8 Å². The first-order chi connectivity index (χ1) is 21.3. The number of hydrogen-bond donors (Lipinski definition) is 3. The van der Waals surface area contributed by atoms with Gasteiger partial charge in [0.25, 0.3) is 5.56 Å². The zero-order valence-electron chi connectivity index (χ0n) is 23.9. The van der Waals surface area contributed by atoms with Gasteiger partial charge in [-0.05, 0) is 36.9 Å². The predicted molar refractivity (Wildman–Crippen MR) is 164 cm³/mol. The second-order valence-corrected chi connectivity index (χ2v) is 12.9. The van der Waals surface area contributed by atoms with E-state index in [-0.39, 0.29) is 57.3 Å². The summed E-state index contributed by atoms with van der Waals surface area (Å²) in [6.45, 7) is 4.50. The van der Waals surface area contributed by atoms with E-state index in [4.69, 9.17) is 21.3 Å². The van der Waals surface area contributed by atoms with Gasteiger partial charge in [0.1, 0.15) is 24.3 Å². The van der Waals surface area contributed by atoms with Crippen LogP contribution >= 0.6 is 11.6 Å². The lowest BCUT2D eigenvalue weighted by Crippen LogP contribution is -2.56. The van der Waals surface area contributed by atoms with Gasteiger partial charge in [-0.25, -0.2) is 8.78 Å².